The average molecular weight is 794 g/mol. The highest BCUT2D eigenvalue weighted by Crippen LogP contribution is 2.43. The zero-order valence-electron chi connectivity index (χ0n) is 31.4. The highest BCUT2D eigenvalue weighted by atomic mass is 32.2. The number of halogens is 4. The Bertz CT molecular complexity index is 2190. The van der Waals surface area contributed by atoms with Crippen molar-refractivity contribution in [2.24, 2.45) is 5.92 Å². The van der Waals surface area contributed by atoms with Gasteiger partial charge < -0.3 is 14.6 Å². The molecule has 2 aromatic carbocycles. The van der Waals surface area contributed by atoms with E-state index in [0.29, 0.717) is 41.2 Å². The smallest absolute Gasteiger partial charge is 0.435 e. The van der Waals surface area contributed by atoms with E-state index in [4.69, 9.17) is 4.74 Å². The molecule has 0 saturated heterocycles. The van der Waals surface area contributed by atoms with Gasteiger partial charge in [-0.1, -0.05) is 38.3 Å². The van der Waals surface area contributed by atoms with E-state index in [1.807, 2.05) is 27.7 Å². The predicted molar refractivity (Wildman–Crippen MR) is 206 cm³/mol. The average Bonchev–Trinajstić information content (AvgIpc) is 3.88. The number of anilines is 2. The maximum atomic E-state index is 15.7. The third-order valence-electron chi connectivity index (χ3n) is 9.51. The first kappa shape index (κ1) is 40.6. The molecule has 1 saturated carbocycles. The van der Waals surface area contributed by atoms with Crippen molar-refractivity contribution in [1.82, 2.24) is 24.5 Å². The number of hydrogen-bond donors (Lipinski definition) is 3. The van der Waals surface area contributed by atoms with Gasteiger partial charge in [0.25, 0.3) is 5.91 Å². The summed E-state index contributed by atoms with van der Waals surface area (Å²) in [4.78, 5) is 34.8. The van der Waals surface area contributed by atoms with Gasteiger partial charge in [-0.15, -0.1) is 4.72 Å². The summed E-state index contributed by atoms with van der Waals surface area (Å²) in [6.45, 7) is 7.61. The van der Waals surface area contributed by atoms with E-state index >= 15 is 4.39 Å². The maximum Gasteiger partial charge on any atom is 0.435 e. The summed E-state index contributed by atoms with van der Waals surface area (Å²) in [5.74, 6) is -1.36. The Morgan fingerprint density at radius 2 is 1.71 bits per heavy atom. The van der Waals surface area contributed by atoms with Gasteiger partial charge in [0.1, 0.15) is 27.6 Å². The number of alkyl halides is 3. The van der Waals surface area contributed by atoms with Crippen LogP contribution in [0, 0.1) is 11.7 Å². The number of hydrogen-bond acceptors (Lipinski definition) is 8. The van der Waals surface area contributed by atoms with Crippen LogP contribution >= 0.6 is 0 Å². The van der Waals surface area contributed by atoms with Crippen LogP contribution in [0.5, 0.6) is 0 Å². The number of carbonyl (C=O) groups excluding carboxylic acids is 2. The molecule has 2 amide bonds. The normalized spacial score (nSPS) is 14.9. The molecule has 3 aromatic heterocycles. The Kier molecular flexibility index (Phi) is 12.0. The molecule has 1 fully saturated rings. The topological polar surface area (TPSA) is 146 Å². The molecule has 3 N–H and O–H groups in total. The molecular weight excluding hydrogens is 751 g/mol. The number of benzene rings is 2. The van der Waals surface area contributed by atoms with Crippen molar-refractivity contribution in [2.45, 2.75) is 82.7 Å². The van der Waals surface area contributed by atoms with E-state index in [9.17, 15) is 27.3 Å². The van der Waals surface area contributed by atoms with Crippen molar-refractivity contribution >= 4 is 45.6 Å². The lowest BCUT2D eigenvalue weighted by molar-refractivity contribution is -0.141. The van der Waals surface area contributed by atoms with Gasteiger partial charge in [0, 0.05) is 41.4 Å². The molecule has 3 heterocycles. The molecule has 6 rings (SSSR count). The van der Waals surface area contributed by atoms with Gasteiger partial charge in [-0.2, -0.15) is 18.3 Å². The first-order valence-corrected chi connectivity index (χ1v) is 19.5. The van der Waals surface area contributed by atoms with Crippen LogP contribution in [0.3, 0.4) is 0 Å². The van der Waals surface area contributed by atoms with Crippen LogP contribution in [0.4, 0.5) is 33.9 Å². The Labute approximate surface area is 325 Å². The molecule has 0 aliphatic heterocycles. The van der Waals surface area contributed by atoms with Crippen molar-refractivity contribution in [3.63, 3.8) is 0 Å². The minimum Gasteiger partial charge on any atom is -0.598 e. The van der Waals surface area contributed by atoms with Crippen LogP contribution in [-0.4, -0.2) is 47.7 Å². The molecule has 2 atom stereocenters. The number of aromatic nitrogens is 4. The van der Waals surface area contributed by atoms with E-state index in [2.05, 4.69) is 30.4 Å². The second kappa shape index (κ2) is 16.6. The Morgan fingerprint density at radius 3 is 2.39 bits per heavy atom. The van der Waals surface area contributed by atoms with Gasteiger partial charge in [0.2, 0.25) is 0 Å². The Balaban J connectivity index is 1.39. The van der Waals surface area contributed by atoms with Crippen molar-refractivity contribution in [3.05, 3.63) is 108 Å². The van der Waals surface area contributed by atoms with E-state index in [0.717, 1.165) is 42.0 Å². The fraction of sp³-hybridized carbons (Fsp3) is 0.375. The zero-order valence-corrected chi connectivity index (χ0v) is 32.2. The summed E-state index contributed by atoms with van der Waals surface area (Å²) in [6, 6.07) is 14.4. The van der Waals surface area contributed by atoms with Crippen LogP contribution in [0.1, 0.15) is 93.5 Å². The molecule has 0 spiro atoms. The minimum atomic E-state index is -4.93. The highest BCUT2D eigenvalue weighted by molar-refractivity contribution is 7.90. The number of pyridine rings is 2. The lowest BCUT2D eigenvalue weighted by Crippen LogP contribution is -2.52. The number of fused-ring (bicyclic) bond motifs is 1. The molecule has 0 radical (unpaired) electrons. The summed E-state index contributed by atoms with van der Waals surface area (Å²) < 4.78 is 80.5. The summed E-state index contributed by atoms with van der Waals surface area (Å²) in [7, 11) is 0. The fourth-order valence-corrected chi connectivity index (χ4v) is 7.14. The molecule has 1 unspecified atom stereocenters. The third-order valence-corrected chi connectivity index (χ3v) is 11.2. The van der Waals surface area contributed by atoms with Crippen molar-refractivity contribution in [2.75, 3.05) is 17.2 Å². The lowest BCUT2D eigenvalue weighted by Gasteiger charge is -2.38. The fourth-order valence-electron chi connectivity index (χ4n) is 6.18. The SMILES string of the molecule is CCCCOC(=O)Nc1nccc2ccc(-n3nc(C(F)(F)F)cc3C(=O)Nc3cc(C(CCC4CC4)(N[S@+]([O-])C(C)(C)C)c4ccncc4)ccc3F)cc12. The van der Waals surface area contributed by atoms with Gasteiger partial charge in [-0.05, 0) is 105 Å². The summed E-state index contributed by atoms with van der Waals surface area (Å²) in [5, 5.41) is 9.71. The number of carbonyl (C=O) groups is 2. The largest absolute Gasteiger partial charge is 0.598 e. The van der Waals surface area contributed by atoms with Crippen LogP contribution < -0.4 is 15.4 Å². The molecule has 1 aliphatic rings. The van der Waals surface area contributed by atoms with Gasteiger partial charge in [-0.3, -0.25) is 15.1 Å². The van der Waals surface area contributed by atoms with Crippen molar-refractivity contribution < 1.29 is 36.4 Å². The van der Waals surface area contributed by atoms with Gasteiger partial charge in [0.05, 0.1) is 18.0 Å². The van der Waals surface area contributed by atoms with E-state index in [1.165, 1.54) is 24.4 Å². The second-order valence-electron chi connectivity index (χ2n) is 14.8. The number of ether oxygens (including phenoxy) is 1. The van der Waals surface area contributed by atoms with Gasteiger partial charge in [0.15, 0.2) is 5.69 Å². The summed E-state index contributed by atoms with van der Waals surface area (Å²) in [6.07, 6.45) is 3.81. The molecular formula is C40H43F4N7O4S. The standard InChI is InChI=1S/C40H43F4N7O4S/c1-5-6-21-55-37(53)48-35-30-23-29(11-9-26(30)14-20-46-35)51-33(24-34(49-51)40(42,43)44)36(52)47-32-22-28(10-12-31(32)41)39(17-13-25-7-8-25,27-15-18-45-19-16-27)50-56(54)38(2,3)4/h9-12,14-16,18-20,22-25,50H,5-8,13,17,21H2,1-4H3,(H,47,52)(H,46,48,53)/t39?,56-/m1/s1. The molecule has 56 heavy (non-hydrogen) atoms. The maximum absolute atomic E-state index is 15.7. The van der Waals surface area contributed by atoms with Gasteiger partial charge in [-0.25, -0.2) is 18.9 Å². The highest BCUT2D eigenvalue weighted by Gasteiger charge is 2.44. The van der Waals surface area contributed by atoms with Crippen LogP contribution in [0.25, 0.3) is 16.5 Å². The quantitative estimate of drug-likeness (QED) is 0.0574. The van der Waals surface area contributed by atoms with E-state index in [1.54, 1.807) is 42.7 Å². The number of nitrogens with one attached hydrogen (secondary N) is 3. The lowest BCUT2D eigenvalue weighted by atomic mass is 9.79. The van der Waals surface area contributed by atoms with Gasteiger partial charge >= 0.3 is 12.3 Å². The second-order valence-corrected chi connectivity index (χ2v) is 16.7. The first-order chi connectivity index (χ1) is 26.6. The van der Waals surface area contributed by atoms with Crippen molar-refractivity contribution in [3.8, 4) is 5.69 Å². The van der Waals surface area contributed by atoms with Crippen LogP contribution in [0.2, 0.25) is 0 Å². The predicted octanol–water partition coefficient (Wildman–Crippen LogP) is 9.06. The van der Waals surface area contributed by atoms with Crippen LogP contribution in [-0.2, 0) is 27.8 Å². The number of amides is 2. The monoisotopic (exact) mass is 793 g/mol. The Hall–Kier alpha value is -5.06. The van der Waals surface area contributed by atoms with Crippen molar-refractivity contribution in [1.29, 1.82) is 0 Å². The minimum absolute atomic E-state index is 0.0356. The summed E-state index contributed by atoms with van der Waals surface area (Å²) >= 11 is -1.61. The Morgan fingerprint density at radius 1 is 0.964 bits per heavy atom. The molecule has 1 aliphatic carbocycles. The first-order valence-electron chi connectivity index (χ1n) is 18.3. The molecule has 16 heteroatoms. The molecule has 11 nitrogen and oxygen atoms in total. The summed E-state index contributed by atoms with van der Waals surface area (Å²) in [5.41, 5.74) is -2.08. The van der Waals surface area contributed by atoms with E-state index in [-0.39, 0.29) is 23.8 Å². The third kappa shape index (κ3) is 9.31. The molecule has 296 valence electrons. The number of nitrogens with zero attached hydrogens (tertiary/aromatic N) is 4. The zero-order chi connectivity index (χ0) is 40.3. The van der Waals surface area contributed by atoms with E-state index < -0.39 is 57.0 Å². The number of unbranched alkanes of at least 4 members (excludes halogenated alkanes) is 1. The van der Waals surface area contributed by atoms with Crippen LogP contribution in [0.15, 0.2) is 79.3 Å². The molecule has 5 aromatic rings. The number of rotatable bonds is 14. The molecule has 0 bridgehead atoms.